The van der Waals surface area contributed by atoms with Crippen molar-refractivity contribution in [3.8, 4) is 0 Å². The first-order valence-corrected chi connectivity index (χ1v) is 11.2. The molecular formula is C26H25ClN4O3. The van der Waals surface area contributed by atoms with Gasteiger partial charge in [0.1, 0.15) is 0 Å². The van der Waals surface area contributed by atoms with Gasteiger partial charge in [-0.3, -0.25) is 14.5 Å². The molecule has 0 unspecified atom stereocenters. The zero-order chi connectivity index (χ0) is 24.1. The quantitative estimate of drug-likeness (QED) is 0.484. The summed E-state index contributed by atoms with van der Waals surface area (Å²) in [4.78, 5) is 41.9. The fraction of sp³-hybridized carbons (Fsp3) is 0.192. The van der Waals surface area contributed by atoms with Crippen LogP contribution in [0.4, 0.5) is 10.5 Å². The molecule has 1 aliphatic rings. The number of hydrogen-bond acceptors (Lipinski definition) is 4. The first-order valence-electron chi connectivity index (χ1n) is 10.9. The van der Waals surface area contributed by atoms with Crippen molar-refractivity contribution in [1.82, 2.24) is 15.1 Å². The monoisotopic (exact) mass is 476 g/mol. The molecule has 1 atom stereocenters. The van der Waals surface area contributed by atoms with E-state index in [0.717, 1.165) is 10.5 Å². The minimum atomic E-state index is -1.22. The Morgan fingerprint density at radius 2 is 1.59 bits per heavy atom. The van der Waals surface area contributed by atoms with E-state index in [4.69, 9.17) is 11.6 Å². The lowest BCUT2D eigenvalue weighted by molar-refractivity contribution is -0.133. The molecule has 3 aromatic carbocycles. The van der Waals surface area contributed by atoms with E-state index < -0.39 is 11.6 Å². The Labute approximate surface area is 203 Å². The van der Waals surface area contributed by atoms with Crippen molar-refractivity contribution >= 4 is 35.1 Å². The SMILES string of the molecule is CN(CC(=O)Nc1ccccc1Cl)CN1C(=O)N[C@@](Cc2ccccc2)(c2ccccc2)C1=O. The second-order valence-corrected chi connectivity index (χ2v) is 8.69. The van der Waals surface area contributed by atoms with Crippen LogP contribution in [0.5, 0.6) is 0 Å². The number of hydrogen-bond donors (Lipinski definition) is 2. The molecule has 1 aliphatic heterocycles. The molecule has 0 aliphatic carbocycles. The summed E-state index contributed by atoms with van der Waals surface area (Å²) in [6.45, 7) is -0.0662. The third-order valence-corrected chi connectivity index (χ3v) is 6.03. The minimum Gasteiger partial charge on any atom is -0.324 e. The summed E-state index contributed by atoms with van der Waals surface area (Å²) in [6, 6.07) is 25.2. The zero-order valence-corrected chi connectivity index (χ0v) is 19.5. The van der Waals surface area contributed by atoms with Gasteiger partial charge in [-0.05, 0) is 30.3 Å². The Kier molecular flexibility index (Phi) is 6.95. The Morgan fingerprint density at radius 1 is 0.971 bits per heavy atom. The highest BCUT2D eigenvalue weighted by Gasteiger charge is 2.52. The largest absolute Gasteiger partial charge is 0.326 e. The van der Waals surface area contributed by atoms with Crippen LogP contribution in [0.3, 0.4) is 0 Å². The number of imide groups is 1. The second-order valence-electron chi connectivity index (χ2n) is 8.28. The molecule has 4 rings (SSSR count). The number of halogens is 1. The summed E-state index contributed by atoms with van der Waals surface area (Å²) in [5.41, 5.74) is 0.914. The van der Waals surface area contributed by atoms with Crippen molar-refractivity contribution in [1.29, 1.82) is 0 Å². The van der Waals surface area contributed by atoms with E-state index in [-0.39, 0.29) is 25.0 Å². The average Bonchev–Trinajstić information content (AvgIpc) is 3.06. The maximum absolute atomic E-state index is 13.7. The fourth-order valence-corrected chi connectivity index (χ4v) is 4.27. The highest BCUT2D eigenvalue weighted by Crippen LogP contribution is 2.33. The lowest BCUT2D eigenvalue weighted by Gasteiger charge is -2.28. The van der Waals surface area contributed by atoms with Crippen molar-refractivity contribution in [2.75, 3.05) is 25.6 Å². The van der Waals surface area contributed by atoms with Gasteiger partial charge in [0.2, 0.25) is 5.91 Å². The third kappa shape index (κ3) is 4.95. The molecule has 7 nitrogen and oxygen atoms in total. The van der Waals surface area contributed by atoms with Crippen LogP contribution in [0.1, 0.15) is 11.1 Å². The van der Waals surface area contributed by atoms with Crippen LogP contribution in [0, 0.1) is 0 Å². The Balaban J connectivity index is 1.50. The average molecular weight is 477 g/mol. The molecule has 1 heterocycles. The van der Waals surface area contributed by atoms with Gasteiger partial charge < -0.3 is 10.6 Å². The molecule has 174 valence electrons. The van der Waals surface area contributed by atoms with E-state index in [0.29, 0.717) is 22.7 Å². The molecule has 2 N–H and O–H groups in total. The van der Waals surface area contributed by atoms with Crippen molar-refractivity contribution in [2.24, 2.45) is 0 Å². The Morgan fingerprint density at radius 3 is 2.26 bits per heavy atom. The van der Waals surface area contributed by atoms with Gasteiger partial charge >= 0.3 is 6.03 Å². The van der Waals surface area contributed by atoms with Gasteiger partial charge in [0.25, 0.3) is 5.91 Å². The molecule has 0 bridgehead atoms. The van der Waals surface area contributed by atoms with Gasteiger partial charge in [0, 0.05) is 6.42 Å². The van der Waals surface area contributed by atoms with E-state index in [1.165, 1.54) is 0 Å². The van der Waals surface area contributed by atoms with Gasteiger partial charge in [-0.15, -0.1) is 0 Å². The minimum absolute atomic E-state index is 0.0285. The maximum Gasteiger partial charge on any atom is 0.326 e. The van der Waals surface area contributed by atoms with Crippen LogP contribution < -0.4 is 10.6 Å². The topological polar surface area (TPSA) is 81.8 Å². The third-order valence-electron chi connectivity index (χ3n) is 5.70. The summed E-state index contributed by atoms with van der Waals surface area (Å²) >= 11 is 6.10. The summed E-state index contributed by atoms with van der Waals surface area (Å²) < 4.78 is 0. The van der Waals surface area contributed by atoms with Gasteiger partial charge in [-0.25, -0.2) is 9.69 Å². The first-order chi connectivity index (χ1) is 16.4. The van der Waals surface area contributed by atoms with Crippen molar-refractivity contribution in [3.63, 3.8) is 0 Å². The first kappa shape index (κ1) is 23.5. The molecule has 0 saturated carbocycles. The van der Waals surface area contributed by atoms with Gasteiger partial charge in [0.05, 0.1) is 23.9 Å². The Bertz CT molecular complexity index is 1190. The van der Waals surface area contributed by atoms with Crippen LogP contribution >= 0.6 is 11.6 Å². The number of likely N-dealkylation sites (N-methyl/N-ethyl adjacent to an activating group) is 1. The van der Waals surface area contributed by atoms with Crippen LogP contribution in [0.2, 0.25) is 5.02 Å². The molecule has 0 spiro atoms. The van der Waals surface area contributed by atoms with Crippen molar-refractivity contribution < 1.29 is 14.4 Å². The number of para-hydroxylation sites is 1. The molecular weight excluding hydrogens is 452 g/mol. The lowest BCUT2D eigenvalue weighted by Crippen LogP contribution is -2.47. The maximum atomic E-state index is 13.7. The lowest BCUT2D eigenvalue weighted by atomic mass is 9.83. The number of amides is 4. The van der Waals surface area contributed by atoms with Gasteiger partial charge in [-0.2, -0.15) is 0 Å². The number of anilines is 1. The number of carbonyl (C=O) groups excluding carboxylic acids is 3. The zero-order valence-electron chi connectivity index (χ0n) is 18.7. The predicted molar refractivity (Wildman–Crippen MR) is 131 cm³/mol. The van der Waals surface area contributed by atoms with E-state index >= 15 is 0 Å². The molecule has 1 fully saturated rings. The molecule has 34 heavy (non-hydrogen) atoms. The van der Waals surface area contributed by atoms with Gasteiger partial charge in [-0.1, -0.05) is 84.4 Å². The summed E-state index contributed by atoms with van der Waals surface area (Å²) in [7, 11) is 1.67. The highest BCUT2D eigenvalue weighted by molar-refractivity contribution is 6.33. The standard InChI is InChI=1S/C26H25ClN4O3/c1-30(17-23(32)28-22-15-9-8-14-21(22)27)18-31-24(33)26(29-25(31)34,20-12-6-3-7-13-20)16-19-10-4-2-5-11-19/h2-15H,16-18H2,1H3,(H,28,32)(H,29,34)/t26-/m0/s1. The molecule has 3 aromatic rings. The molecule has 0 radical (unpaired) electrons. The summed E-state index contributed by atoms with van der Waals surface area (Å²) in [5.74, 6) is -0.660. The van der Waals surface area contributed by atoms with Crippen LogP contribution in [-0.2, 0) is 21.5 Å². The molecule has 0 aromatic heterocycles. The molecule has 8 heteroatoms. The van der Waals surface area contributed by atoms with E-state index in [1.54, 1.807) is 36.2 Å². The van der Waals surface area contributed by atoms with Crippen molar-refractivity contribution in [2.45, 2.75) is 12.0 Å². The van der Waals surface area contributed by atoms with Crippen molar-refractivity contribution in [3.05, 3.63) is 101 Å². The second kappa shape index (κ2) is 10.1. The number of rotatable bonds is 8. The van der Waals surface area contributed by atoms with Crippen LogP contribution in [0.25, 0.3) is 0 Å². The summed E-state index contributed by atoms with van der Waals surface area (Å²) in [5, 5.41) is 6.11. The number of benzene rings is 3. The Hall–Kier alpha value is -3.68. The smallest absolute Gasteiger partial charge is 0.324 e. The van der Waals surface area contributed by atoms with E-state index in [1.807, 2.05) is 60.7 Å². The normalized spacial score (nSPS) is 17.7. The number of carbonyl (C=O) groups is 3. The molecule has 1 saturated heterocycles. The molecule has 4 amide bonds. The van der Waals surface area contributed by atoms with Crippen LogP contribution in [-0.4, -0.2) is 47.9 Å². The number of nitrogens with zero attached hydrogens (tertiary/aromatic N) is 2. The van der Waals surface area contributed by atoms with E-state index in [2.05, 4.69) is 10.6 Å². The number of nitrogens with one attached hydrogen (secondary N) is 2. The van der Waals surface area contributed by atoms with Gasteiger partial charge in [0.15, 0.2) is 5.54 Å². The predicted octanol–water partition coefficient (Wildman–Crippen LogP) is 3.86. The summed E-state index contributed by atoms with van der Waals surface area (Å²) in [6.07, 6.45) is 0.315. The number of urea groups is 1. The fourth-order valence-electron chi connectivity index (χ4n) is 4.09. The van der Waals surface area contributed by atoms with E-state index in [9.17, 15) is 14.4 Å². The van der Waals surface area contributed by atoms with Crippen LogP contribution in [0.15, 0.2) is 84.9 Å². The highest BCUT2D eigenvalue weighted by atomic mass is 35.5.